The highest BCUT2D eigenvalue weighted by molar-refractivity contribution is 7.90. The first-order valence-electron chi connectivity index (χ1n) is 5.01. The topological polar surface area (TPSA) is 55.4 Å². The summed E-state index contributed by atoms with van der Waals surface area (Å²) in [6.45, 7) is 0.932. The van der Waals surface area contributed by atoms with Crippen LogP contribution in [0.3, 0.4) is 0 Å². The fraction of sp³-hybridized carbons (Fsp3) is 0.455. The van der Waals surface area contributed by atoms with Crippen molar-refractivity contribution in [2.24, 2.45) is 0 Å². The molecule has 0 bridgehead atoms. The van der Waals surface area contributed by atoms with E-state index >= 15 is 0 Å². The quantitative estimate of drug-likeness (QED) is 0.818. The van der Waals surface area contributed by atoms with Gasteiger partial charge in [-0.1, -0.05) is 18.2 Å². The van der Waals surface area contributed by atoms with Crippen LogP contribution in [0.5, 0.6) is 0 Å². The Balaban J connectivity index is 2.59. The molecule has 0 spiro atoms. The summed E-state index contributed by atoms with van der Waals surface area (Å²) >= 11 is 0. The van der Waals surface area contributed by atoms with Crippen molar-refractivity contribution in [2.45, 2.75) is 6.61 Å². The van der Waals surface area contributed by atoms with Crippen molar-refractivity contribution in [1.82, 2.24) is 0 Å². The summed E-state index contributed by atoms with van der Waals surface area (Å²) in [7, 11) is -1.28. The molecule has 0 aromatic heterocycles. The number of sulfone groups is 1. The molecule has 0 aliphatic heterocycles. The van der Waals surface area contributed by atoms with Crippen LogP contribution in [0.2, 0.25) is 0 Å². The van der Waals surface area contributed by atoms with Crippen molar-refractivity contribution >= 4 is 15.5 Å². The van der Waals surface area contributed by atoms with Gasteiger partial charge in [0.15, 0.2) is 0 Å². The molecule has 1 rings (SSSR count). The molecule has 90 valence electrons. The lowest BCUT2D eigenvalue weighted by Gasteiger charge is -2.10. The van der Waals surface area contributed by atoms with E-state index in [2.05, 4.69) is 5.32 Å². The summed E-state index contributed by atoms with van der Waals surface area (Å²) in [4.78, 5) is 0. The Morgan fingerprint density at radius 3 is 2.62 bits per heavy atom. The second-order valence-corrected chi connectivity index (χ2v) is 5.91. The first kappa shape index (κ1) is 13.0. The third kappa shape index (κ3) is 4.63. The van der Waals surface area contributed by atoms with Gasteiger partial charge in [0.1, 0.15) is 9.84 Å². The molecule has 0 unspecified atom stereocenters. The number of benzene rings is 1. The van der Waals surface area contributed by atoms with Gasteiger partial charge in [-0.3, -0.25) is 0 Å². The molecular formula is C11H17NO3S. The van der Waals surface area contributed by atoms with Gasteiger partial charge in [0, 0.05) is 31.2 Å². The minimum absolute atomic E-state index is 0.133. The van der Waals surface area contributed by atoms with E-state index in [1.165, 1.54) is 6.26 Å². The summed E-state index contributed by atoms with van der Waals surface area (Å²) in [5.41, 5.74) is 1.95. The normalized spacial score (nSPS) is 11.4. The molecule has 0 atom stereocenters. The number of hydrogen-bond acceptors (Lipinski definition) is 4. The second-order valence-electron chi connectivity index (χ2n) is 3.65. The zero-order valence-electron chi connectivity index (χ0n) is 9.56. The highest BCUT2D eigenvalue weighted by Crippen LogP contribution is 2.15. The fourth-order valence-electron chi connectivity index (χ4n) is 1.35. The molecule has 4 nitrogen and oxygen atoms in total. The van der Waals surface area contributed by atoms with Crippen LogP contribution in [0.1, 0.15) is 5.56 Å². The highest BCUT2D eigenvalue weighted by atomic mass is 32.2. The van der Waals surface area contributed by atoms with Crippen LogP contribution in [-0.4, -0.2) is 34.1 Å². The van der Waals surface area contributed by atoms with Crippen LogP contribution in [0.15, 0.2) is 24.3 Å². The number of nitrogens with one attached hydrogen (secondary N) is 1. The average molecular weight is 243 g/mol. The van der Waals surface area contributed by atoms with Gasteiger partial charge < -0.3 is 10.1 Å². The van der Waals surface area contributed by atoms with Crippen molar-refractivity contribution in [2.75, 3.05) is 31.0 Å². The predicted molar refractivity (Wildman–Crippen MR) is 65.4 cm³/mol. The summed E-state index contributed by atoms with van der Waals surface area (Å²) in [6.07, 6.45) is 1.23. The van der Waals surface area contributed by atoms with Crippen molar-refractivity contribution in [1.29, 1.82) is 0 Å². The van der Waals surface area contributed by atoms with Crippen LogP contribution in [0.4, 0.5) is 5.69 Å². The van der Waals surface area contributed by atoms with Gasteiger partial charge in [0.2, 0.25) is 0 Å². The maximum atomic E-state index is 11.0. The summed E-state index contributed by atoms with van der Waals surface area (Å²) in [6, 6.07) is 7.70. The largest absolute Gasteiger partial charge is 0.384 e. The Kier molecular flexibility index (Phi) is 4.76. The fourth-order valence-corrected chi connectivity index (χ4v) is 1.82. The molecule has 0 aliphatic rings. The van der Waals surface area contributed by atoms with E-state index in [4.69, 9.17) is 4.74 Å². The SMILES string of the molecule is COCc1ccccc1NCCS(C)(=O)=O. The molecule has 0 fully saturated rings. The lowest BCUT2D eigenvalue weighted by atomic mass is 10.2. The van der Waals surface area contributed by atoms with Crippen molar-refractivity contribution < 1.29 is 13.2 Å². The van der Waals surface area contributed by atoms with Gasteiger partial charge in [-0.25, -0.2) is 8.42 Å². The molecule has 16 heavy (non-hydrogen) atoms. The van der Waals surface area contributed by atoms with Crippen LogP contribution in [0.25, 0.3) is 0 Å². The van der Waals surface area contributed by atoms with Crippen molar-refractivity contribution in [3.05, 3.63) is 29.8 Å². The highest BCUT2D eigenvalue weighted by Gasteiger charge is 2.03. The summed E-state index contributed by atoms with van der Waals surface area (Å²) < 4.78 is 27.0. The maximum absolute atomic E-state index is 11.0. The van der Waals surface area contributed by atoms with Crippen LogP contribution < -0.4 is 5.32 Å². The third-order valence-corrected chi connectivity index (χ3v) is 3.05. The van der Waals surface area contributed by atoms with Gasteiger partial charge in [0.05, 0.1) is 12.4 Å². The number of hydrogen-bond donors (Lipinski definition) is 1. The lowest BCUT2D eigenvalue weighted by molar-refractivity contribution is 0.185. The van der Waals surface area contributed by atoms with Crippen LogP contribution in [0, 0.1) is 0 Å². The second kappa shape index (κ2) is 5.86. The lowest BCUT2D eigenvalue weighted by Crippen LogP contribution is -2.15. The molecule has 0 radical (unpaired) electrons. The Labute approximate surface area is 96.5 Å². The van der Waals surface area contributed by atoms with Gasteiger partial charge in [0.25, 0.3) is 0 Å². The Hall–Kier alpha value is -1.07. The van der Waals surface area contributed by atoms with E-state index in [1.54, 1.807) is 7.11 Å². The molecule has 1 N–H and O–H groups in total. The van der Waals surface area contributed by atoms with Gasteiger partial charge in [-0.05, 0) is 6.07 Å². The number of rotatable bonds is 6. The average Bonchev–Trinajstić information content (AvgIpc) is 2.19. The Bertz CT molecular complexity index is 429. The number of methoxy groups -OCH3 is 1. The summed E-state index contributed by atoms with van der Waals surface area (Å²) in [5.74, 6) is 0.133. The molecule has 0 saturated heterocycles. The monoisotopic (exact) mass is 243 g/mol. The molecule has 1 aromatic rings. The molecule has 1 aromatic carbocycles. The molecule has 0 amide bonds. The first-order valence-corrected chi connectivity index (χ1v) is 7.07. The molecular weight excluding hydrogens is 226 g/mol. The minimum atomic E-state index is -2.91. The summed E-state index contributed by atoms with van der Waals surface area (Å²) in [5, 5.41) is 3.10. The molecule has 0 heterocycles. The van der Waals surface area contributed by atoms with E-state index in [0.29, 0.717) is 13.2 Å². The molecule has 0 aliphatic carbocycles. The number of ether oxygens (including phenoxy) is 1. The van der Waals surface area contributed by atoms with E-state index in [0.717, 1.165) is 11.3 Å². The van der Waals surface area contributed by atoms with Gasteiger partial charge in [-0.2, -0.15) is 0 Å². The van der Waals surface area contributed by atoms with Crippen LogP contribution >= 0.6 is 0 Å². The van der Waals surface area contributed by atoms with Gasteiger partial charge in [-0.15, -0.1) is 0 Å². The number of anilines is 1. The number of para-hydroxylation sites is 1. The van der Waals surface area contributed by atoms with Crippen LogP contribution in [-0.2, 0) is 21.2 Å². The molecule has 0 saturated carbocycles. The Morgan fingerprint density at radius 1 is 1.31 bits per heavy atom. The smallest absolute Gasteiger partial charge is 0.149 e. The maximum Gasteiger partial charge on any atom is 0.149 e. The standard InChI is InChI=1S/C11H17NO3S/c1-15-9-10-5-3-4-6-11(10)12-7-8-16(2,13)14/h3-6,12H,7-9H2,1-2H3. The van der Waals surface area contributed by atoms with Crippen molar-refractivity contribution in [3.8, 4) is 0 Å². The van der Waals surface area contributed by atoms with Crippen molar-refractivity contribution in [3.63, 3.8) is 0 Å². The first-order chi connectivity index (χ1) is 7.53. The van der Waals surface area contributed by atoms with E-state index in [9.17, 15) is 8.42 Å². The zero-order valence-corrected chi connectivity index (χ0v) is 10.4. The molecule has 5 heteroatoms. The third-order valence-electron chi connectivity index (χ3n) is 2.11. The minimum Gasteiger partial charge on any atom is -0.384 e. The Morgan fingerprint density at radius 2 is 2.00 bits per heavy atom. The zero-order chi connectivity index (χ0) is 12.0. The van der Waals surface area contributed by atoms with E-state index in [1.807, 2.05) is 24.3 Å². The predicted octanol–water partition coefficient (Wildman–Crippen LogP) is 1.29. The van der Waals surface area contributed by atoms with E-state index < -0.39 is 9.84 Å². The van der Waals surface area contributed by atoms with Gasteiger partial charge >= 0.3 is 0 Å². The van der Waals surface area contributed by atoms with E-state index in [-0.39, 0.29) is 5.75 Å².